The fourth-order valence-corrected chi connectivity index (χ4v) is 1.90. The highest BCUT2D eigenvalue weighted by molar-refractivity contribution is 5.94. The van der Waals surface area contributed by atoms with Crippen molar-refractivity contribution >= 4 is 5.91 Å². The Morgan fingerprint density at radius 2 is 1.35 bits per heavy atom. The molecule has 2 aromatic carbocycles. The minimum absolute atomic E-state index is 0.306. The number of halogens is 2. The molecule has 0 atom stereocenters. The van der Waals surface area contributed by atoms with Crippen molar-refractivity contribution in [2.75, 3.05) is 0 Å². The minimum Gasteiger partial charge on any atom is -0.343 e. The van der Waals surface area contributed by atoms with Gasteiger partial charge in [-0.25, -0.2) is 8.78 Å². The van der Waals surface area contributed by atoms with Crippen molar-refractivity contribution in [2.24, 2.45) is 0 Å². The molecule has 0 unspecified atom stereocenters. The van der Waals surface area contributed by atoms with Crippen LogP contribution in [-0.2, 0) is 5.54 Å². The molecule has 0 bridgehead atoms. The van der Waals surface area contributed by atoms with E-state index < -0.39 is 5.54 Å². The Morgan fingerprint density at radius 1 is 0.900 bits per heavy atom. The van der Waals surface area contributed by atoms with Crippen LogP contribution < -0.4 is 5.32 Å². The van der Waals surface area contributed by atoms with Gasteiger partial charge in [-0.1, -0.05) is 12.1 Å². The monoisotopic (exact) mass is 275 g/mol. The quantitative estimate of drug-likeness (QED) is 0.910. The predicted octanol–water partition coefficient (Wildman–Crippen LogP) is 3.63. The normalized spacial score (nSPS) is 11.2. The molecule has 0 radical (unpaired) electrons. The van der Waals surface area contributed by atoms with Gasteiger partial charge in [-0.2, -0.15) is 0 Å². The van der Waals surface area contributed by atoms with Crippen molar-refractivity contribution in [2.45, 2.75) is 19.4 Å². The lowest BCUT2D eigenvalue weighted by molar-refractivity contribution is 0.0912. The van der Waals surface area contributed by atoms with Crippen molar-refractivity contribution in [3.8, 4) is 0 Å². The molecule has 0 aliphatic heterocycles. The van der Waals surface area contributed by atoms with Crippen LogP contribution in [0.3, 0.4) is 0 Å². The number of hydrogen-bond donors (Lipinski definition) is 1. The number of rotatable bonds is 3. The number of amides is 1. The summed E-state index contributed by atoms with van der Waals surface area (Å²) < 4.78 is 25.7. The summed E-state index contributed by atoms with van der Waals surface area (Å²) in [6.07, 6.45) is 0. The Labute approximate surface area is 116 Å². The molecule has 0 fully saturated rings. The van der Waals surface area contributed by atoms with Gasteiger partial charge < -0.3 is 5.32 Å². The molecule has 2 nitrogen and oxygen atoms in total. The van der Waals surface area contributed by atoms with Crippen LogP contribution in [-0.4, -0.2) is 5.91 Å². The third kappa shape index (κ3) is 3.20. The first-order valence-electron chi connectivity index (χ1n) is 6.22. The highest BCUT2D eigenvalue weighted by atomic mass is 19.1. The van der Waals surface area contributed by atoms with Gasteiger partial charge in [0.25, 0.3) is 5.91 Å². The van der Waals surface area contributed by atoms with E-state index in [1.807, 2.05) is 13.8 Å². The second kappa shape index (κ2) is 5.41. The first-order valence-corrected chi connectivity index (χ1v) is 6.22. The van der Waals surface area contributed by atoms with Gasteiger partial charge in [0.1, 0.15) is 11.6 Å². The Hall–Kier alpha value is -2.23. The zero-order valence-electron chi connectivity index (χ0n) is 11.3. The van der Waals surface area contributed by atoms with Crippen molar-refractivity contribution in [1.29, 1.82) is 0 Å². The van der Waals surface area contributed by atoms with Gasteiger partial charge in [0, 0.05) is 5.56 Å². The van der Waals surface area contributed by atoms with E-state index in [1.54, 1.807) is 12.1 Å². The molecular weight excluding hydrogens is 260 g/mol. The van der Waals surface area contributed by atoms with Gasteiger partial charge in [-0.05, 0) is 55.8 Å². The number of hydrogen-bond acceptors (Lipinski definition) is 1. The maximum atomic E-state index is 12.9. The number of carbonyl (C=O) groups excluding carboxylic acids is 1. The van der Waals surface area contributed by atoms with Gasteiger partial charge in [-0.15, -0.1) is 0 Å². The average Bonchev–Trinajstić information content (AvgIpc) is 2.39. The van der Waals surface area contributed by atoms with Gasteiger partial charge in [0.15, 0.2) is 0 Å². The van der Waals surface area contributed by atoms with Gasteiger partial charge in [0.2, 0.25) is 0 Å². The minimum atomic E-state index is -0.654. The van der Waals surface area contributed by atoms with E-state index in [9.17, 15) is 13.6 Å². The van der Waals surface area contributed by atoms with Crippen LogP contribution >= 0.6 is 0 Å². The van der Waals surface area contributed by atoms with Crippen LogP contribution in [0, 0.1) is 11.6 Å². The third-order valence-corrected chi connectivity index (χ3v) is 3.10. The van der Waals surface area contributed by atoms with Crippen LogP contribution in [0.25, 0.3) is 0 Å². The maximum absolute atomic E-state index is 12.9. The molecule has 20 heavy (non-hydrogen) atoms. The molecule has 0 aliphatic rings. The second-order valence-corrected chi connectivity index (χ2v) is 5.09. The molecule has 0 saturated carbocycles. The van der Waals surface area contributed by atoms with E-state index in [2.05, 4.69) is 5.32 Å². The first-order chi connectivity index (χ1) is 9.38. The standard InChI is InChI=1S/C16H15F2NO/c1-16(2,12-5-9-14(18)10-6-12)19-15(20)11-3-7-13(17)8-4-11/h3-10H,1-2H3,(H,19,20). The zero-order chi connectivity index (χ0) is 14.8. The predicted molar refractivity (Wildman–Crippen MR) is 73.3 cm³/mol. The highest BCUT2D eigenvalue weighted by Gasteiger charge is 2.23. The molecule has 2 aromatic rings. The smallest absolute Gasteiger partial charge is 0.251 e. The average molecular weight is 275 g/mol. The Kier molecular flexibility index (Phi) is 3.84. The second-order valence-electron chi connectivity index (χ2n) is 5.09. The molecule has 0 heterocycles. The summed E-state index contributed by atoms with van der Waals surface area (Å²) in [5.74, 6) is -1.02. The molecule has 1 N–H and O–H groups in total. The summed E-state index contributed by atoms with van der Waals surface area (Å²) in [6.45, 7) is 3.64. The van der Waals surface area contributed by atoms with E-state index in [4.69, 9.17) is 0 Å². The molecular formula is C16H15F2NO. The fraction of sp³-hybridized carbons (Fsp3) is 0.188. The zero-order valence-corrected chi connectivity index (χ0v) is 11.3. The van der Waals surface area contributed by atoms with E-state index in [0.717, 1.165) is 5.56 Å². The van der Waals surface area contributed by atoms with E-state index in [1.165, 1.54) is 36.4 Å². The number of nitrogens with one attached hydrogen (secondary N) is 1. The first kappa shape index (κ1) is 14.2. The lowest BCUT2D eigenvalue weighted by Crippen LogP contribution is -2.41. The fourth-order valence-electron chi connectivity index (χ4n) is 1.90. The van der Waals surface area contributed by atoms with Gasteiger partial charge in [-0.3, -0.25) is 4.79 Å². The molecule has 0 aliphatic carbocycles. The Bertz CT molecular complexity index is 603. The summed E-state index contributed by atoms with van der Waals surface area (Å²) in [5, 5.41) is 2.84. The summed E-state index contributed by atoms with van der Waals surface area (Å²) >= 11 is 0. The summed E-state index contributed by atoms with van der Waals surface area (Å²) in [7, 11) is 0. The lowest BCUT2D eigenvalue weighted by atomic mass is 9.94. The van der Waals surface area contributed by atoms with Crippen molar-refractivity contribution in [1.82, 2.24) is 5.32 Å². The largest absolute Gasteiger partial charge is 0.343 e. The van der Waals surface area contributed by atoms with Crippen LogP contribution in [0.1, 0.15) is 29.8 Å². The van der Waals surface area contributed by atoms with Gasteiger partial charge in [0.05, 0.1) is 5.54 Å². The van der Waals surface area contributed by atoms with Crippen molar-refractivity contribution < 1.29 is 13.6 Å². The molecule has 0 saturated heterocycles. The van der Waals surface area contributed by atoms with Crippen LogP contribution in [0.2, 0.25) is 0 Å². The highest BCUT2D eigenvalue weighted by Crippen LogP contribution is 2.21. The van der Waals surface area contributed by atoms with Crippen molar-refractivity contribution in [3.05, 3.63) is 71.3 Å². The van der Waals surface area contributed by atoms with Crippen LogP contribution in [0.4, 0.5) is 8.78 Å². The molecule has 0 aromatic heterocycles. The number of benzene rings is 2. The van der Waals surface area contributed by atoms with E-state index in [0.29, 0.717) is 5.56 Å². The Morgan fingerprint density at radius 3 is 1.85 bits per heavy atom. The molecule has 1 amide bonds. The summed E-state index contributed by atoms with van der Waals surface area (Å²) in [6, 6.07) is 11.3. The lowest BCUT2D eigenvalue weighted by Gasteiger charge is -2.27. The topological polar surface area (TPSA) is 29.1 Å². The SMILES string of the molecule is CC(C)(NC(=O)c1ccc(F)cc1)c1ccc(F)cc1. The van der Waals surface area contributed by atoms with Gasteiger partial charge >= 0.3 is 0 Å². The van der Waals surface area contributed by atoms with E-state index in [-0.39, 0.29) is 17.5 Å². The van der Waals surface area contributed by atoms with E-state index >= 15 is 0 Å². The summed E-state index contributed by atoms with van der Waals surface area (Å²) in [5.41, 5.74) is 0.509. The molecule has 4 heteroatoms. The molecule has 2 rings (SSSR count). The molecule has 0 spiro atoms. The van der Waals surface area contributed by atoms with Crippen LogP contribution in [0.5, 0.6) is 0 Å². The van der Waals surface area contributed by atoms with Crippen LogP contribution in [0.15, 0.2) is 48.5 Å². The van der Waals surface area contributed by atoms with Crippen molar-refractivity contribution in [3.63, 3.8) is 0 Å². The number of carbonyl (C=O) groups is 1. The Balaban J connectivity index is 2.17. The molecule has 104 valence electrons. The third-order valence-electron chi connectivity index (χ3n) is 3.10. The maximum Gasteiger partial charge on any atom is 0.251 e. The summed E-state index contributed by atoms with van der Waals surface area (Å²) in [4.78, 5) is 12.1.